The lowest BCUT2D eigenvalue weighted by Gasteiger charge is -2.26. The van der Waals surface area contributed by atoms with E-state index < -0.39 is 5.97 Å². The van der Waals surface area contributed by atoms with Crippen LogP contribution in [0.1, 0.15) is 46.9 Å². The minimum Gasteiger partial charge on any atom is -0.476 e. The van der Waals surface area contributed by atoms with Crippen LogP contribution in [0.4, 0.5) is 5.69 Å². The minimum absolute atomic E-state index is 0.0417. The number of amides is 1. The average molecular weight is 314 g/mol. The van der Waals surface area contributed by atoms with Crippen molar-refractivity contribution in [3.63, 3.8) is 0 Å². The van der Waals surface area contributed by atoms with E-state index in [0.29, 0.717) is 11.4 Å². The zero-order valence-electron chi connectivity index (χ0n) is 12.8. The van der Waals surface area contributed by atoms with Crippen molar-refractivity contribution in [1.82, 2.24) is 15.0 Å². The first kappa shape index (κ1) is 15.2. The second kappa shape index (κ2) is 6.20. The number of aryl methyl sites for hydroxylation is 1. The number of hydrogen-bond acceptors (Lipinski definition) is 4. The molecule has 3 rings (SSSR count). The molecular weight excluding hydrogens is 296 g/mol. The third-order valence-corrected chi connectivity index (χ3v) is 4.10. The van der Waals surface area contributed by atoms with Crippen molar-refractivity contribution in [1.29, 1.82) is 0 Å². The lowest BCUT2D eigenvalue weighted by atomic mass is 9.82. The van der Waals surface area contributed by atoms with Gasteiger partial charge < -0.3 is 10.4 Å². The van der Waals surface area contributed by atoms with E-state index in [1.165, 1.54) is 4.68 Å². The highest BCUT2D eigenvalue weighted by Crippen LogP contribution is 2.37. The van der Waals surface area contributed by atoms with Gasteiger partial charge >= 0.3 is 5.97 Å². The van der Waals surface area contributed by atoms with Crippen molar-refractivity contribution < 1.29 is 14.7 Å². The summed E-state index contributed by atoms with van der Waals surface area (Å²) in [7, 11) is 0. The van der Waals surface area contributed by atoms with Crippen LogP contribution >= 0.6 is 0 Å². The maximum Gasteiger partial charge on any atom is 0.358 e. The molecule has 23 heavy (non-hydrogen) atoms. The smallest absolute Gasteiger partial charge is 0.358 e. The maximum absolute atomic E-state index is 12.2. The first-order valence-electron chi connectivity index (χ1n) is 7.58. The monoisotopic (exact) mass is 314 g/mol. The lowest BCUT2D eigenvalue weighted by molar-refractivity contribution is -0.117. The number of aromatic nitrogens is 3. The number of carbonyl (C=O) groups is 2. The van der Waals surface area contributed by atoms with E-state index in [1.54, 1.807) is 0 Å². The number of nitrogens with one attached hydrogen (secondary N) is 1. The Morgan fingerprint density at radius 2 is 2.00 bits per heavy atom. The molecule has 0 radical (unpaired) electrons. The molecular formula is C16H18N4O3. The van der Waals surface area contributed by atoms with Crippen LogP contribution in [0, 0.1) is 6.92 Å². The number of carbonyl (C=O) groups excluding carboxylic acids is 1. The summed E-state index contributed by atoms with van der Waals surface area (Å²) < 4.78 is 1.41. The van der Waals surface area contributed by atoms with Crippen LogP contribution < -0.4 is 5.32 Å². The van der Waals surface area contributed by atoms with Crippen molar-refractivity contribution in [2.75, 3.05) is 5.32 Å². The molecule has 0 aliphatic heterocycles. The molecule has 0 bridgehead atoms. The standard InChI is InChI=1S/C16H18N4O3/c1-10-5-7-12(8-6-10)17-13(21)9-20-15(11-3-2-4-11)14(16(22)23)18-19-20/h5-8,11H,2-4,9H2,1H3,(H,17,21)(H,22,23). The van der Waals surface area contributed by atoms with Crippen molar-refractivity contribution >= 4 is 17.6 Å². The van der Waals surface area contributed by atoms with Crippen molar-refractivity contribution in [3.05, 3.63) is 41.2 Å². The topological polar surface area (TPSA) is 97.1 Å². The second-order valence-corrected chi connectivity index (χ2v) is 5.83. The van der Waals surface area contributed by atoms with Crippen molar-refractivity contribution in [2.45, 2.75) is 38.6 Å². The summed E-state index contributed by atoms with van der Waals surface area (Å²) in [6.45, 7) is 1.93. The Labute approximate surface area is 133 Å². The molecule has 1 aromatic carbocycles. The van der Waals surface area contributed by atoms with Crippen LogP contribution in [0.15, 0.2) is 24.3 Å². The summed E-state index contributed by atoms with van der Waals surface area (Å²) in [6.07, 6.45) is 2.88. The van der Waals surface area contributed by atoms with Crippen molar-refractivity contribution in [2.24, 2.45) is 0 Å². The fourth-order valence-electron chi connectivity index (χ4n) is 2.65. The number of aromatic carboxylic acids is 1. The average Bonchev–Trinajstić information content (AvgIpc) is 2.83. The Morgan fingerprint density at radius 1 is 1.30 bits per heavy atom. The number of anilines is 1. The van der Waals surface area contributed by atoms with Crippen LogP contribution in [0.25, 0.3) is 0 Å². The quantitative estimate of drug-likeness (QED) is 0.881. The minimum atomic E-state index is -1.10. The van der Waals surface area contributed by atoms with Gasteiger partial charge in [0, 0.05) is 11.6 Å². The molecule has 1 aliphatic rings. The molecule has 0 spiro atoms. The second-order valence-electron chi connectivity index (χ2n) is 5.83. The number of benzene rings is 1. The normalized spacial score (nSPS) is 14.3. The highest BCUT2D eigenvalue weighted by Gasteiger charge is 2.31. The van der Waals surface area contributed by atoms with Crippen LogP contribution in [-0.2, 0) is 11.3 Å². The number of rotatable bonds is 5. The van der Waals surface area contributed by atoms with Crippen LogP contribution in [0.5, 0.6) is 0 Å². The molecule has 1 amide bonds. The van der Waals surface area contributed by atoms with E-state index in [2.05, 4.69) is 15.6 Å². The fourth-order valence-corrected chi connectivity index (χ4v) is 2.65. The Hall–Kier alpha value is -2.70. The van der Waals surface area contributed by atoms with Gasteiger partial charge in [0.1, 0.15) is 6.54 Å². The summed E-state index contributed by atoms with van der Waals surface area (Å²) in [5, 5.41) is 19.6. The molecule has 1 aliphatic carbocycles. The van der Waals surface area contributed by atoms with E-state index in [9.17, 15) is 14.7 Å². The molecule has 0 atom stereocenters. The van der Waals surface area contributed by atoms with Gasteiger partial charge in [-0.15, -0.1) is 5.10 Å². The molecule has 1 aromatic heterocycles. The highest BCUT2D eigenvalue weighted by molar-refractivity contribution is 5.91. The van der Waals surface area contributed by atoms with Gasteiger partial charge in [0.25, 0.3) is 0 Å². The molecule has 0 unspecified atom stereocenters. The Balaban J connectivity index is 1.75. The van der Waals surface area contributed by atoms with Crippen LogP contribution in [0.3, 0.4) is 0 Å². The van der Waals surface area contributed by atoms with Gasteiger partial charge in [-0.05, 0) is 31.9 Å². The van der Waals surface area contributed by atoms with Gasteiger partial charge in [0.2, 0.25) is 5.91 Å². The maximum atomic E-state index is 12.2. The van der Waals surface area contributed by atoms with Crippen LogP contribution in [-0.4, -0.2) is 32.0 Å². The first-order chi connectivity index (χ1) is 11.0. The summed E-state index contributed by atoms with van der Waals surface area (Å²) in [6, 6.07) is 7.47. The SMILES string of the molecule is Cc1ccc(NC(=O)Cn2nnc(C(=O)O)c2C2CCC2)cc1. The summed E-state index contributed by atoms with van der Waals surface area (Å²) in [5.41, 5.74) is 2.32. The van der Waals surface area contributed by atoms with E-state index in [-0.39, 0.29) is 24.1 Å². The summed E-state index contributed by atoms with van der Waals surface area (Å²) in [5.74, 6) is -1.23. The Morgan fingerprint density at radius 3 is 2.57 bits per heavy atom. The molecule has 1 saturated carbocycles. The molecule has 1 heterocycles. The Bertz CT molecular complexity index is 732. The number of carboxylic acids is 1. The molecule has 2 aromatic rings. The van der Waals surface area contributed by atoms with Crippen LogP contribution in [0.2, 0.25) is 0 Å². The molecule has 0 saturated heterocycles. The number of hydrogen-bond donors (Lipinski definition) is 2. The molecule has 7 nitrogen and oxygen atoms in total. The van der Waals surface area contributed by atoms with E-state index in [4.69, 9.17) is 0 Å². The fraction of sp³-hybridized carbons (Fsp3) is 0.375. The van der Waals surface area contributed by atoms with Gasteiger partial charge in [0.15, 0.2) is 5.69 Å². The number of carboxylic acid groups (broad SMARTS) is 1. The predicted molar refractivity (Wildman–Crippen MR) is 83.4 cm³/mol. The van der Waals surface area contributed by atoms with E-state index in [0.717, 1.165) is 24.8 Å². The molecule has 1 fully saturated rings. The zero-order chi connectivity index (χ0) is 16.4. The number of nitrogens with zero attached hydrogens (tertiary/aromatic N) is 3. The summed E-state index contributed by atoms with van der Waals surface area (Å²) >= 11 is 0. The third kappa shape index (κ3) is 3.23. The van der Waals surface area contributed by atoms with E-state index >= 15 is 0 Å². The zero-order valence-corrected chi connectivity index (χ0v) is 12.8. The van der Waals surface area contributed by atoms with Gasteiger partial charge in [-0.25, -0.2) is 9.48 Å². The molecule has 120 valence electrons. The van der Waals surface area contributed by atoms with Gasteiger partial charge in [-0.1, -0.05) is 29.3 Å². The highest BCUT2D eigenvalue weighted by atomic mass is 16.4. The predicted octanol–water partition coefficient (Wildman–Crippen LogP) is 2.19. The Kier molecular flexibility index (Phi) is 4.10. The van der Waals surface area contributed by atoms with Gasteiger partial charge in [-0.2, -0.15) is 0 Å². The van der Waals surface area contributed by atoms with Gasteiger partial charge in [0.05, 0.1) is 5.69 Å². The first-order valence-corrected chi connectivity index (χ1v) is 7.58. The van der Waals surface area contributed by atoms with E-state index in [1.807, 2.05) is 31.2 Å². The molecule has 2 N–H and O–H groups in total. The van der Waals surface area contributed by atoms with Crippen molar-refractivity contribution in [3.8, 4) is 0 Å². The van der Waals surface area contributed by atoms with Gasteiger partial charge in [-0.3, -0.25) is 4.79 Å². The molecule has 7 heteroatoms. The summed E-state index contributed by atoms with van der Waals surface area (Å²) in [4.78, 5) is 23.5. The third-order valence-electron chi connectivity index (χ3n) is 4.10. The largest absolute Gasteiger partial charge is 0.476 e. The lowest BCUT2D eigenvalue weighted by Crippen LogP contribution is -2.24.